The fourth-order valence-electron chi connectivity index (χ4n) is 2.33. The van der Waals surface area contributed by atoms with Crippen LogP contribution in [0, 0.1) is 0 Å². The highest BCUT2D eigenvalue weighted by molar-refractivity contribution is 7.13. The molecule has 3 aromatic rings. The van der Waals surface area contributed by atoms with Crippen LogP contribution in [0.4, 0.5) is 26.3 Å². The number of hydrogen-bond acceptors (Lipinski definition) is 6. The van der Waals surface area contributed by atoms with E-state index in [4.69, 9.17) is 0 Å². The van der Waals surface area contributed by atoms with E-state index in [-0.39, 0.29) is 5.69 Å². The van der Waals surface area contributed by atoms with Crippen molar-refractivity contribution in [3.8, 4) is 10.8 Å². The second kappa shape index (κ2) is 7.81. The Labute approximate surface area is 162 Å². The van der Waals surface area contributed by atoms with Crippen LogP contribution < -0.4 is 0 Å². The summed E-state index contributed by atoms with van der Waals surface area (Å²) in [5.41, 5.74) is -1.99. The topological polar surface area (TPSA) is 80.8 Å². The van der Waals surface area contributed by atoms with Crippen molar-refractivity contribution in [1.29, 1.82) is 0 Å². The number of benzene rings is 1. The number of halogens is 6. The highest BCUT2D eigenvalue weighted by Gasteiger charge is 2.45. The minimum atomic E-state index is -5.10. The number of esters is 1. The number of nitrogens with one attached hydrogen (secondary N) is 1. The van der Waals surface area contributed by atoms with Crippen molar-refractivity contribution in [2.24, 2.45) is 0 Å². The van der Waals surface area contributed by atoms with Crippen LogP contribution in [0.3, 0.4) is 0 Å². The van der Waals surface area contributed by atoms with Crippen molar-refractivity contribution in [3.05, 3.63) is 52.8 Å². The van der Waals surface area contributed by atoms with Crippen LogP contribution in [0.15, 0.2) is 36.0 Å². The molecule has 0 radical (unpaired) electrons. The maximum Gasteiger partial charge on any atom is 0.429 e. The number of aromatic nitrogens is 4. The Morgan fingerprint density at radius 1 is 1.21 bits per heavy atom. The second-order valence-electron chi connectivity index (χ2n) is 5.69. The van der Waals surface area contributed by atoms with Crippen molar-refractivity contribution in [2.45, 2.75) is 24.9 Å². The number of alkyl halides is 6. The van der Waals surface area contributed by atoms with E-state index in [9.17, 15) is 31.1 Å². The standard InChI is InChI=1S/C16H10F6N4O2S/c17-15(18,19)9-3-1-2-8(4-9)12(16(20,21)22)28-11(27)5-10-6-29-14(25-10)13-23-7-24-26-13/h1-4,6-7,12H,5H2,(H,23,24,26)/t12-/m1/s1. The van der Waals surface area contributed by atoms with Gasteiger partial charge in [0.1, 0.15) is 6.33 Å². The number of carbonyl (C=O) groups excluding carboxylic acids is 1. The Morgan fingerprint density at radius 2 is 1.97 bits per heavy atom. The largest absolute Gasteiger partial charge is 0.447 e. The summed E-state index contributed by atoms with van der Waals surface area (Å²) in [6.07, 6.45) is -12.2. The molecule has 1 N–H and O–H groups in total. The predicted molar refractivity (Wildman–Crippen MR) is 87.5 cm³/mol. The monoisotopic (exact) mass is 436 g/mol. The Kier molecular flexibility index (Phi) is 5.59. The number of hydrogen-bond donors (Lipinski definition) is 1. The minimum absolute atomic E-state index is 0.122. The van der Waals surface area contributed by atoms with Crippen LogP contribution in [0.1, 0.15) is 22.9 Å². The highest BCUT2D eigenvalue weighted by atomic mass is 32.1. The molecule has 154 valence electrons. The minimum Gasteiger partial charge on any atom is -0.447 e. The highest BCUT2D eigenvalue weighted by Crippen LogP contribution is 2.38. The SMILES string of the molecule is O=C(Cc1csc(-c2ncn[nH]2)n1)O[C@H](c1cccc(C(F)(F)F)c1)C(F)(F)F. The summed E-state index contributed by atoms with van der Waals surface area (Å²) in [5, 5.41) is 7.95. The number of ether oxygens (including phenoxy) is 1. The van der Waals surface area contributed by atoms with Crippen LogP contribution in [0.2, 0.25) is 0 Å². The molecule has 0 saturated heterocycles. The van der Waals surface area contributed by atoms with E-state index in [0.717, 1.165) is 23.5 Å². The lowest BCUT2D eigenvalue weighted by Gasteiger charge is -2.21. The van der Waals surface area contributed by atoms with Gasteiger partial charge in [-0.05, 0) is 12.1 Å². The van der Waals surface area contributed by atoms with Gasteiger partial charge in [-0.1, -0.05) is 12.1 Å². The van der Waals surface area contributed by atoms with E-state index >= 15 is 0 Å². The molecule has 1 atom stereocenters. The number of rotatable bonds is 5. The number of thiazole rings is 1. The summed E-state index contributed by atoms with van der Waals surface area (Å²) >= 11 is 1.07. The molecule has 2 heterocycles. The quantitative estimate of drug-likeness (QED) is 0.476. The molecule has 6 nitrogen and oxygen atoms in total. The Morgan fingerprint density at radius 3 is 2.59 bits per heavy atom. The maximum atomic E-state index is 13.3. The van der Waals surface area contributed by atoms with E-state index in [1.807, 2.05) is 0 Å². The average molecular weight is 436 g/mol. The zero-order valence-electron chi connectivity index (χ0n) is 14.1. The first-order valence-corrected chi connectivity index (χ1v) is 8.65. The Bertz CT molecular complexity index is 984. The van der Waals surface area contributed by atoms with Gasteiger partial charge in [-0.15, -0.1) is 11.3 Å². The summed E-state index contributed by atoms with van der Waals surface area (Å²) in [7, 11) is 0. The predicted octanol–water partition coefficient (Wildman–Crippen LogP) is 4.34. The van der Waals surface area contributed by atoms with Gasteiger partial charge in [-0.3, -0.25) is 9.89 Å². The van der Waals surface area contributed by atoms with Crippen LogP contribution in [0.25, 0.3) is 10.8 Å². The van der Waals surface area contributed by atoms with Gasteiger partial charge >= 0.3 is 18.3 Å². The number of H-pyrrole nitrogens is 1. The van der Waals surface area contributed by atoms with Crippen molar-refractivity contribution in [1.82, 2.24) is 20.2 Å². The normalized spacial score (nSPS) is 13.3. The molecular formula is C16H10F6N4O2S. The van der Waals surface area contributed by atoms with E-state index < -0.39 is 42.0 Å². The third kappa shape index (κ3) is 5.10. The smallest absolute Gasteiger partial charge is 0.429 e. The van der Waals surface area contributed by atoms with E-state index in [1.165, 1.54) is 11.7 Å². The molecule has 2 aromatic heterocycles. The summed E-state index contributed by atoms with van der Waals surface area (Å²) in [5.74, 6) is -0.981. The Hall–Kier alpha value is -2.96. The first kappa shape index (κ1) is 20.8. The fraction of sp³-hybridized carbons (Fsp3) is 0.250. The molecule has 0 spiro atoms. The maximum absolute atomic E-state index is 13.3. The molecule has 1 aromatic carbocycles. The molecule has 0 bridgehead atoms. The third-order valence-electron chi connectivity index (χ3n) is 3.56. The van der Waals surface area contributed by atoms with Gasteiger partial charge in [0.15, 0.2) is 10.8 Å². The first-order valence-electron chi connectivity index (χ1n) is 7.77. The Balaban J connectivity index is 1.77. The zero-order chi connectivity index (χ0) is 21.2. The van der Waals surface area contributed by atoms with Crippen LogP contribution >= 0.6 is 11.3 Å². The molecule has 3 rings (SSSR count). The van der Waals surface area contributed by atoms with Crippen molar-refractivity contribution in [3.63, 3.8) is 0 Å². The summed E-state index contributed by atoms with van der Waals surface area (Å²) in [6.45, 7) is 0. The molecular weight excluding hydrogens is 426 g/mol. The van der Waals surface area contributed by atoms with Gasteiger partial charge in [0.05, 0.1) is 17.7 Å². The number of aromatic amines is 1. The number of carbonyl (C=O) groups is 1. The van der Waals surface area contributed by atoms with Gasteiger partial charge < -0.3 is 4.74 Å². The third-order valence-corrected chi connectivity index (χ3v) is 4.46. The van der Waals surface area contributed by atoms with Crippen LogP contribution in [-0.2, 0) is 22.1 Å². The number of nitrogens with zero attached hydrogens (tertiary/aromatic N) is 3. The lowest BCUT2D eigenvalue weighted by molar-refractivity contribution is -0.224. The second-order valence-corrected chi connectivity index (χ2v) is 6.55. The lowest BCUT2D eigenvalue weighted by Crippen LogP contribution is -2.27. The summed E-state index contributed by atoms with van der Waals surface area (Å²) < 4.78 is 82.8. The fourth-order valence-corrected chi connectivity index (χ4v) is 3.09. The van der Waals surface area contributed by atoms with E-state index in [1.54, 1.807) is 0 Å². The van der Waals surface area contributed by atoms with Crippen LogP contribution in [-0.4, -0.2) is 32.3 Å². The summed E-state index contributed by atoms with van der Waals surface area (Å²) in [6, 6.07) is 2.55. The van der Waals surface area contributed by atoms with Gasteiger partial charge in [0.2, 0.25) is 6.10 Å². The van der Waals surface area contributed by atoms with E-state index in [0.29, 0.717) is 23.0 Å². The van der Waals surface area contributed by atoms with Crippen molar-refractivity contribution >= 4 is 17.3 Å². The van der Waals surface area contributed by atoms with Crippen LogP contribution in [0.5, 0.6) is 0 Å². The molecule has 0 amide bonds. The van der Waals surface area contributed by atoms with Gasteiger partial charge in [-0.25, -0.2) is 9.97 Å². The molecule has 0 fully saturated rings. The zero-order valence-corrected chi connectivity index (χ0v) is 14.9. The van der Waals surface area contributed by atoms with Gasteiger partial charge in [-0.2, -0.15) is 31.4 Å². The molecule has 0 aliphatic heterocycles. The molecule has 29 heavy (non-hydrogen) atoms. The average Bonchev–Trinajstić information content (AvgIpc) is 3.29. The molecule has 13 heteroatoms. The molecule has 0 unspecified atom stereocenters. The first-order chi connectivity index (χ1) is 13.5. The molecule has 0 aliphatic rings. The van der Waals surface area contributed by atoms with Crippen molar-refractivity contribution in [2.75, 3.05) is 0 Å². The molecule has 0 saturated carbocycles. The van der Waals surface area contributed by atoms with Crippen molar-refractivity contribution < 1.29 is 35.9 Å². The van der Waals surface area contributed by atoms with Gasteiger partial charge in [0, 0.05) is 10.9 Å². The lowest BCUT2D eigenvalue weighted by atomic mass is 10.1. The molecule has 0 aliphatic carbocycles. The van der Waals surface area contributed by atoms with Gasteiger partial charge in [0.25, 0.3) is 0 Å². The summed E-state index contributed by atoms with van der Waals surface area (Å²) in [4.78, 5) is 19.9. The van der Waals surface area contributed by atoms with E-state index in [2.05, 4.69) is 24.9 Å².